The number of hydrogen-bond donors (Lipinski definition) is 2. The molecule has 1 amide bonds. The van der Waals surface area contributed by atoms with E-state index in [1.165, 1.54) is 0 Å². The summed E-state index contributed by atoms with van der Waals surface area (Å²) in [4.78, 5) is 25.2. The number of nitrogens with one attached hydrogen (secondary N) is 2. The highest BCUT2D eigenvalue weighted by Gasteiger charge is 2.20. The highest BCUT2D eigenvalue weighted by Crippen LogP contribution is 2.13. The van der Waals surface area contributed by atoms with Crippen LogP contribution in [0.5, 0.6) is 0 Å². The van der Waals surface area contributed by atoms with Gasteiger partial charge in [-0.1, -0.05) is 18.2 Å². The lowest BCUT2D eigenvalue weighted by atomic mass is 10.1. The third-order valence-electron chi connectivity index (χ3n) is 4.63. The molecule has 7 nitrogen and oxygen atoms in total. The van der Waals surface area contributed by atoms with E-state index in [4.69, 9.17) is 0 Å². The summed E-state index contributed by atoms with van der Waals surface area (Å²) in [5.41, 5.74) is 1.71. The quantitative estimate of drug-likeness (QED) is 0.631. The van der Waals surface area contributed by atoms with Gasteiger partial charge in [0.25, 0.3) is 5.91 Å². The zero-order chi connectivity index (χ0) is 19.1. The number of aliphatic imine (C=N–C) groups is 1. The summed E-state index contributed by atoms with van der Waals surface area (Å²) in [7, 11) is 3.44. The number of guanidine groups is 1. The van der Waals surface area contributed by atoms with Crippen LogP contribution < -0.4 is 15.5 Å². The van der Waals surface area contributed by atoms with Crippen molar-refractivity contribution in [1.82, 2.24) is 20.5 Å². The maximum Gasteiger partial charge on any atom is 0.251 e. The van der Waals surface area contributed by atoms with E-state index in [1.54, 1.807) is 14.1 Å². The van der Waals surface area contributed by atoms with Crippen LogP contribution in [0.3, 0.4) is 0 Å². The summed E-state index contributed by atoms with van der Waals surface area (Å²) in [6.45, 7) is 4.20. The molecule has 27 heavy (non-hydrogen) atoms. The van der Waals surface area contributed by atoms with Gasteiger partial charge < -0.3 is 20.4 Å². The molecule has 1 fully saturated rings. The maximum atomic E-state index is 11.8. The molecule has 0 bridgehead atoms. The van der Waals surface area contributed by atoms with E-state index < -0.39 is 0 Å². The van der Waals surface area contributed by atoms with Crippen LogP contribution in [0, 0.1) is 0 Å². The van der Waals surface area contributed by atoms with E-state index in [0.29, 0.717) is 12.1 Å². The first-order valence-corrected chi connectivity index (χ1v) is 9.14. The molecule has 2 aromatic rings. The normalized spacial score (nSPS) is 14.8. The number of nitrogens with zero attached hydrogens (tertiary/aromatic N) is 4. The van der Waals surface area contributed by atoms with Crippen LogP contribution in [0.2, 0.25) is 0 Å². The first kappa shape index (κ1) is 18.7. The Morgan fingerprint density at radius 2 is 1.96 bits per heavy atom. The van der Waals surface area contributed by atoms with Crippen LogP contribution in [0.25, 0.3) is 0 Å². The van der Waals surface area contributed by atoms with Crippen molar-refractivity contribution in [3.8, 4) is 0 Å². The lowest BCUT2D eigenvalue weighted by Gasteiger charge is -2.37. The molecule has 0 atom stereocenters. The molecule has 2 heterocycles. The third kappa shape index (κ3) is 4.75. The Hall–Kier alpha value is -3.09. The Bertz CT molecular complexity index is 784. The Balaban J connectivity index is 1.55. The number of carbonyl (C=O) groups excluding carboxylic acids is 1. The van der Waals surface area contributed by atoms with Gasteiger partial charge in [-0.25, -0.2) is 4.98 Å². The van der Waals surface area contributed by atoms with Gasteiger partial charge in [0.1, 0.15) is 5.82 Å². The largest absolute Gasteiger partial charge is 0.355 e. The van der Waals surface area contributed by atoms with Crippen molar-refractivity contribution < 1.29 is 4.79 Å². The fourth-order valence-electron chi connectivity index (χ4n) is 3.17. The summed E-state index contributed by atoms with van der Waals surface area (Å²) in [5, 5.41) is 6.06. The minimum absolute atomic E-state index is 0.0770. The second-order valence-electron chi connectivity index (χ2n) is 6.34. The first-order chi connectivity index (χ1) is 13.2. The van der Waals surface area contributed by atoms with E-state index in [2.05, 4.69) is 30.4 Å². The molecule has 0 saturated carbocycles. The lowest BCUT2D eigenvalue weighted by molar-refractivity contribution is 0.0963. The molecule has 0 aliphatic carbocycles. The number of rotatable bonds is 4. The minimum Gasteiger partial charge on any atom is -0.355 e. The van der Waals surface area contributed by atoms with Crippen LogP contribution in [0.1, 0.15) is 15.9 Å². The molecule has 1 aromatic carbocycles. The Morgan fingerprint density at radius 3 is 2.63 bits per heavy atom. The molecule has 1 aliphatic heterocycles. The maximum absolute atomic E-state index is 11.8. The highest BCUT2D eigenvalue weighted by atomic mass is 16.1. The van der Waals surface area contributed by atoms with Crippen molar-refractivity contribution in [1.29, 1.82) is 0 Å². The minimum atomic E-state index is -0.0770. The zero-order valence-electron chi connectivity index (χ0n) is 15.9. The SMILES string of the molecule is CN=C(NCc1cccc(C(=O)NC)c1)N1CCN(c2ccccn2)CC1. The van der Waals surface area contributed by atoms with Crippen LogP contribution in [-0.4, -0.2) is 62.0 Å². The van der Waals surface area contributed by atoms with Crippen LogP contribution in [0.4, 0.5) is 5.82 Å². The van der Waals surface area contributed by atoms with Gasteiger partial charge >= 0.3 is 0 Å². The van der Waals surface area contributed by atoms with Crippen LogP contribution >= 0.6 is 0 Å². The van der Waals surface area contributed by atoms with Gasteiger partial charge in [0.15, 0.2) is 5.96 Å². The molecule has 1 saturated heterocycles. The van der Waals surface area contributed by atoms with Gasteiger partial charge in [-0.2, -0.15) is 0 Å². The standard InChI is InChI=1S/C20H26N6O/c1-21-19(27)17-7-5-6-16(14-17)15-24-20(22-2)26-12-10-25(11-13-26)18-8-3-4-9-23-18/h3-9,14H,10-13,15H2,1-2H3,(H,21,27)(H,22,24). The molecule has 0 spiro atoms. The molecular formula is C20H26N6O. The second kappa shape index (κ2) is 9.02. The first-order valence-electron chi connectivity index (χ1n) is 9.14. The molecule has 3 rings (SSSR count). The van der Waals surface area contributed by atoms with E-state index in [0.717, 1.165) is 43.5 Å². The Labute approximate surface area is 160 Å². The molecule has 0 radical (unpaired) electrons. The fourth-order valence-corrected chi connectivity index (χ4v) is 3.17. The van der Waals surface area contributed by atoms with Gasteiger partial charge in [0.2, 0.25) is 0 Å². The molecule has 0 unspecified atom stereocenters. The van der Waals surface area contributed by atoms with Crippen molar-refractivity contribution in [2.75, 3.05) is 45.2 Å². The number of amides is 1. The van der Waals surface area contributed by atoms with Gasteiger partial charge in [0, 0.05) is 58.6 Å². The lowest BCUT2D eigenvalue weighted by Crippen LogP contribution is -2.52. The Morgan fingerprint density at radius 1 is 1.15 bits per heavy atom. The van der Waals surface area contributed by atoms with Crippen molar-refractivity contribution in [2.24, 2.45) is 4.99 Å². The van der Waals surface area contributed by atoms with Gasteiger partial charge in [-0.15, -0.1) is 0 Å². The number of hydrogen-bond acceptors (Lipinski definition) is 4. The second-order valence-corrected chi connectivity index (χ2v) is 6.34. The molecule has 1 aliphatic rings. The number of benzene rings is 1. The molecule has 142 valence electrons. The van der Waals surface area contributed by atoms with E-state index >= 15 is 0 Å². The van der Waals surface area contributed by atoms with Crippen molar-refractivity contribution in [3.05, 3.63) is 59.8 Å². The summed E-state index contributed by atoms with van der Waals surface area (Å²) < 4.78 is 0. The van der Waals surface area contributed by atoms with Crippen LogP contribution in [-0.2, 0) is 6.54 Å². The smallest absolute Gasteiger partial charge is 0.251 e. The molecule has 2 N–H and O–H groups in total. The topological polar surface area (TPSA) is 72.9 Å². The average molecular weight is 366 g/mol. The van der Waals surface area contributed by atoms with Crippen molar-refractivity contribution in [2.45, 2.75) is 6.54 Å². The van der Waals surface area contributed by atoms with E-state index in [-0.39, 0.29) is 5.91 Å². The monoisotopic (exact) mass is 366 g/mol. The number of piperazine rings is 1. The predicted octanol–water partition coefficient (Wildman–Crippen LogP) is 1.34. The van der Waals surface area contributed by atoms with E-state index in [9.17, 15) is 4.79 Å². The zero-order valence-corrected chi connectivity index (χ0v) is 15.9. The van der Waals surface area contributed by atoms with Gasteiger partial charge in [-0.3, -0.25) is 9.79 Å². The molecule has 1 aromatic heterocycles. The molecular weight excluding hydrogens is 340 g/mol. The van der Waals surface area contributed by atoms with Crippen molar-refractivity contribution >= 4 is 17.7 Å². The Kier molecular flexibility index (Phi) is 6.25. The number of aromatic nitrogens is 1. The van der Waals surface area contributed by atoms with Crippen LogP contribution in [0.15, 0.2) is 53.7 Å². The molecule has 7 heteroatoms. The summed E-state index contributed by atoms with van der Waals surface area (Å²) >= 11 is 0. The number of anilines is 1. The predicted molar refractivity (Wildman–Crippen MR) is 108 cm³/mol. The highest BCUT2D eigenvalue weighted by molar-refractivity contribution is 5.94. The third-order valence-corrected chi connectivity index (χ3v) is 4.63. The number of pyridine rings is 1. The number of carbonyl (C=O) groups is 1. The van der Waals surface area contributed by atoms with Gasteiger partial charge in [-0.05, 0) is 29.8 Å². The van der Waals surface area contributed by atoms with Gasteiger partial charge in [0.05, 0.1) is 0 Å². The summed E-state index contributed by atoms with van der Waals surface area (Å²) in [6, 6.07) is 13.6. The van der Waals surface area contributed by atoms with E-state index in [1.807, 2.05) is 48.7 Å². The summed E-state index contributed by atoms with van der Waals surface area (Å²) in [5.74, 6) is 1.82. The summed E-state index contributed by atoms with van der Waals surface area (Å²) in [6.07, 6.45) is 1.83. The average Bonchev–Trinajstić information content (AvgIpc) is 2.75. The fraction of sp³-hybridized carbons (Fsp3) is 0.350. The van der Waals surface area contributed by atoms with Crippen molar-refractivity contribution in [3.63, 3.8) is 0 Å².